The maximum absolute atomic E-state index is 12.3. The molecule has 1 aliphatic heterocycles. The SMILES string of the molecule is CC(C)(C)OC(=O)N1CCCN(c2nc(Br)cc3ccccc23)CC1. The van der Waals surface area contributed by atoms with Crippen molar-refractivity contribution in [3.05, 3.63) is 34.9 Å². The van der Waals surface area contributed by atoms with Gasteiger partial charge in [-0.05, 0) is 54.6 Å². The molecule has 0 unspecified atom stereocenters. The summed E-state index contributed by atoms with van der Waals surface area (Å²) in [5.41, 5.74) is -0.467. The molecule has 134 valence electrons. The molecule has 25 heavy (non-hydrogen) atoms. The predicted octanol–water partition coefficient (Wildman–Crippen LogP) is 4.44. The van der Waals surface area contributed by atoms with Crippen LogP contribution in [0, 0.1) is 0 Å². The number of anilines is 1. The van der Waals surface area contributed by atoms with E-state index in [1.165, 1.54) is 0 Å². The first-order valence-electron chi connectivity index (χ1n) is 8.62. The average Bonchev–Trinajstić information content (AvgIpc) is 2.78. The van der Waals surface area contributed by atoms with E-state index in [1.807, 2.05) is 39.0 Å². The number of rotatable bonds is 1. The van der Waals surface area contributed by atoms with E-state index in [-0.39, 0.29) is 6.09 Å². The summed E-state index contributed by atoms with van der Waals surface area (Å²) in [7, 11) is 0. The summed E-state index contributed by atoms with van der Waals surface area (Å²) in [4.78, 5) is 21.1. The number of fused-ring (bicyclic) bond motifs is 1. The molecule has 2 aromatic rings. The Labute approximate surface area is 157 Å². The van der Waals surface area contributed by atoms with Gasteiger partial charge in [0.25, 0.3) is 0 Å². The van der Waals surface area contributed by atoms with Gasteiger partial charge in [-0.1, -0.05) is 24.3 Å². The third-order valence-corrected chi connectivity index (χ3v) is 4.54. The summed E-state index contributed by atoms with van der Waals surface area (Å²) in [6.07, 6.45) is 0.656. The number of nitrogens with zero attached hydrogens (tertiary/aromatic N) is 3. The second-order valence-corrected chi connectivity index (χ2v) is 8.11. The zero-order valence-corrected chi connectivity index (χ0v) is 16.5. The third kappa shape index (κ3) is 4.42. The molecule has 2 heterocycles. The minimum Gasteiger partial charge on any atom is -0.444 e. The van der Waals surface area contributed by atoms with Crippen molar-refractivity contribution in [3.63, 3.8) is 0 Å². The summed E-state index contributed by atoms with van der Waals surface area (Å²) in [5, 5.41) is 2.30. The highest BCUT2D eigenvalue weighted by Gasteiger charge is 2.25. The number of benzene rings is 1. The van der Waals surface area contributed by atoms with Crippen LogP contribution in [0.3, 0.4) is 0 Å². The molecule has 1 aliphatic rings. The van der Waals surface area contributed by atoms with E-state index >= 15 is 0 Å². The van der Waals surface area contributed by atoms with Gasteiger partial charge in [-0.3, -0.25) is 0 Å². The van der Waals surface area contributed by atoms with E-state index in [9.17, 15) is 4.79 Å². The van der Waals surface area contributed by atoms with Crippen molar-refractivity contribution in [2.45, 2.75) is 32.8 Å². The second-order valence-electron chi connectivity index (χ2n) is 7.30. The van der Waals surface area contributed by atoms with Gasteiger partial charge in [0, 0.05) is 31.6 Å². The van der Waals surface area contributed by atoms with Crippen molar-refractivity contribution in [1.82, 2.24) is 9.88 Å². The van der Waals surface area contributed by atoms with Gasteiger partial charge in [0.05, 0.1) is 0 Å². The first-order chi connectivity index (χ1) is 11.8. The fourth-order valence-corrected chi connectivity index (χ4v) is 3.44. The molecule has 0 radical (unpaired) electrons. The van der Waals surface area contributed by atoms with Gasteiger partial charge in [0.1, 0.15) is 16.0 Å². The van der Waals surface area contributed by atoms with Gasteiger partial charge in [0.15, 0.2) is 0 Å². The highest BCUT2D eigenvalue weighted by molar-refractivity contribution is 9.10. The van der Waals surface area contributed by atoms with Crippen LogP contribution >= 0.6 is 15.9 Å². The quantitative estimate of drug-likeness (QED) is 0.657. The molecule has 1 saturated heterocycles. The molecule has 1 aromatic heterocycles. The monoisotopic (exact) mass is 405 g/mol. The highest BCUT2D eigenvalue weighted by atomic mass is 79.9. The Morgan fingerprint density at radius 3 is 2.68 bits per heavy atom. The largest absolute Gasteiger partial charge is 0.444 e. The Bertz CT molecular complexity index is 773. The zero-order chi connectivity index (χ0) is 18.0. The Kier molecular flexibility index (Phi) is 5.18. The topological polar surface area (TPSA) is 45.7 Å². The fourth-order valence-electron chi connectivity index (χ4n) is 3.03. The van der Waals surface area contributed by atoms with Gasteiger partial charge in [-0.15, -0.1) is 0 Å². The van der Waals surface area contributed by atoms with E-state index in [2.05, 4.69) is 33.0 Å². The van der Waals surface area contributed by atoms with E-state index in [0.717, 1.165) is 40.7 Å². The van der Waals surface area contributed by atoms with E-state index in [4.69, 9.17) is 9.72 Å². The lowest BCUT2D eigenvalue weighted by Crippen LogP contribution is -2.39. The zero-order valence-electron chi connectivity index (χ0n) is 15.0. The van der Waals surface area contributed by atoms with Crippen LogP contribution in [0.5, 0.6) is 0 Å². The van der Waals surface area contributed by atoms with Gasteiger partial charge in [-0.25, -0.2) is 9.78 Å². The lowest BCUT2D eigenvalue weighted by atomic mass is 10.1. The summed E-state index contributed by atoms with van der Waals surface area (Å²) in [6.45, 7) is 8.64. The van der Waals surface area contributed by atoms with Crippen molar-refractivity contribution in [2.24, 2.45) is 0 Å². The average molecular weight is 406 g/mol. The van der Waals surface area contributed by atoms with Crippen molar-refractivity contribution < 1.29 is 9.53 Å². The Balaban J connectivity index is 1.79. The number of hydrogen-bond acceptors (Lipinski definition) is 4. The number of aromatic nitrogens is 1. The summed E-state index contributed by atoms with van der Waals surface area (Å²) >= 11 is 3.52. The van der Waals surface area contributed by atoms with Crippen molar-refractivity contribution in [3.8, 4) is 0 Å². The minimum atomic E-state index is -0.467. The van der Waals surface area contributed by atoms with E-state index < -0.39 is 5.60 Å². The van der Waals surface area contributed by atoms with Gasteiger partial charge in [-0.2, -0.15) is 0 Å². The molecule has 1 aromatic carbocycles. The fraction of sp³-hybridized carbons (Fsp3) is 0.474. The van der Waals surface area contributed by atoms with Crippen LogP contribution in [0.1, 0.15) is 27.2 Å². The number of pyridine rings is 1. The second kappa shape index (κ2) is 7.20. The molecule has 0 atom stereocenters. The van der Waals surface area contributed by atoms with Crippen LogP contribution < -0.4 is 4.90 Å². The lowest BCUT2D eigenvalue weighted by molar-refractivity contribution is 0.0263. The van der Waals surface area contributed by atoms with Crippen LogP contribution in [0.15, 0.2) is 34.9 Å². The van der Waals surface area contributed by atoms with Gasteiger partial charge < -0.3 is 14.5 Å². The molecule has 0 spiro atoms. The van der Waals surface area contributed by atoms with Crippen LogP contribution in [-0.2, 0) is 4.74 Å². The van der Waals surface area contributed by atoms with Crippen molar-refractivity contribution >= 4 is 38.6 Å². The van der Waals surface area contributed by atoms with Gasteiger partial charge in [0.2, 0.25) is 0 Å². The molecule has 1 amide bonds. The number of amides is 1. The molecule has 0 bridgehead atoms. The Morgan fingerprint density at radius 1 is 1.16 bits per heavy atom. The van der Waals surface area contributed by atoms with Crippen molar-refractivity contribution in [1.29, 1.82) is 0 Å². The third-order valence-electron chi connectivity index (χ3n) is 4.14. The molecule has 0 aliphatic carbocycles. The molecule has 5 nitrogen and oxygen atoms in total. The molecule has 3 rings (SSSR count). The Morgan fingerprint density at radius 2 is 1.92 bits per heavy atom. The lowest BCUT2D eigenvalue weighted by Gasteiger charge is -2.27. The standard InChI is InChI=1S/C19H24BrN3O2/c1-19(2,3)25-18(24)23-10-6-9-22(11-12-23)17-15-8-5-4-7-14(15)13-16(20)21-17/h4-5,7-8,13H,6,9-12H2,1-3H3. The summed E-state index contributed by atoms with van der Waals surface area (Å²) < 4.78 is 6.34. The smallest absolute Gasteiger partial charge is 0.410 e. The number of carbonyl (C=O) groups is 1. The number of ether oxygens (including phenoxy) is 1. The molecular weight excluding hydrogens is 382 g/mol. The van der Waals surface area contributed by atoms with Crippen LogP contribution in [0.4, 0.5) is 10.6 Å². The van der Waals surface area contributed by atoms with Gasteiger partial charge >= 0.3 is 6.09 Å². The normalized spacial score (nSPS) is 16.0. The van der Waals surface area contributed by atoms with Crippen LogP contribution in [0.2, 0.25) is 0 Å². The highest BCUT2D eigenvalue weighted by Crippen LogP contribution is 2.28. The minimum absolute atomic E-state index is 0.235. The van der Waals surface area contributed by atoms with Crippen LogP contribution in [0.25, 0.3) is 10.8 Å². The first-order valence-corrected chi connectivity index (χ1v) is 9.41. The maximum atomic E-state index is 12.3. The number of carbonyl (C=O) groups excluding carboxylic acids is 1. The molecule has 0 N–H and O–H groups in total. The molecule has 0 saturated carbocycles. The molecule has 6 heteroatoms. The molecule has 1 fully saturated rings. The summed E-state index contributed by atoms with van der Waals surface area (Å²) in [5.74, 6) is 0.969. The number of hydrogen-bond donors (Lipinski definition) is 0. The van der Waals surface area contributed by atoms with E-state index in [1.54, 1.807) is 4.90 Å². The Hall–Kier alpha value is -1.82. The van der Waals surface area contributed by atoms with Crippen LogP contribution in [-0.4, -0.2) is 47.8 Å². The van der Waals surface area contributed by atoms with Crippen molar-refractivity contribution in [2.75, 3.05) is 31.1 Å². The first kappa shape index (κ1) is 18.0. The summed E-state index contributed by atoms with van der Waals surface area (Å²) in [6, 6.07) is 10.3. The van der Waals surface area contributed by atoms with E-state index in [0.29, 0.717) is 13.1 Å². The number of halogens is 1. The molecular formula is C19H24BrN3O2. The predicted molar refractivity (Wildman–Crippen MR) is 104 cm³/mol. The maximum Gasteiger partial charge on any atom is 0.410 e.